The SMILES string of the molecule is CCN1CCC[C@H](CN(C)C(=O)c2scc3c2OCCO3)C1. The van der Waals surface area contributed by atoms with Gasteiger partial charge in [-0.2, -0.15) is 0 Å². The summed E-state index contributed by atoms with van der Waals surface area (Å²) >= 11 is 1.42. The number of hydrogen-bond acceptors (Lipinski definition) is 5. The van der Waals surface area contributed by atoms with Crippen LogP contribution >= 0.6 is 11.3 Å². The number of piperidine rings is 1. The van der Waals surface area contributed by atoms with Crippen LogP contribution in [0.4, 0.5) is 0 Å². The van der Waals surface area contributed by atoms with E-state index in [2.05, 4.69) is 11.8 Å². The first-order chi connectivity index (χ1) is 10.7. The summed E-state index contributed by atoms with van der Waals surface area (Å²) in [6.45, 7) is 7.46. The van der Waals surface area contributed by atoms with Crippen molar-refractivity contribution in [1.29, 1.82) is 0 Å². The van der Waals surface area contributed by atoms with Crippen molar-refractivity contribution < 1.29 is 14.3 Å². The lowest BCUT2D eigenvalue weighted by Crippen LogP contribution is -2.41. The van der Waals surface area contributed by atoms with Crippen molar-refractivity contribution in [2.75, 3.05) is 46.4 Å². The maximum atomic E-state index is 12.7. The van der Waals surface area contributed by atoms with E-state index in [9.17, 15) is 4.79 Å². The molecule has 1 amide bonds. The van der Waals surface area contributed by atoms with Crippen LogP contribution in [0.15, 0.2) is 5.38 Å². The summed E-state index contributed by atoms with van der Waals surface area (Å²) in [7, 11) is 1.89. The van der Waals surface area contributed by atoms with Crippen LogP contribution in [0.5, 0.6) is 11.5 Å². The van der Waals surface area contributed by atoms with E-state index < -0.39 is 0 Å². The molecule has 6 heteroatoms. The molecule has 3 heterocycles. The molecular weight excluding hydrogens is 300 g/mol. The van der Waals surface area contributed by atoms with E-state index in [1.165, 1.54) is 30.7 Å². The third-order valence-corrected chi connectivity index (χ3v) is 5.35. The maximum absolute atomic E-state index is 12.7. The molecule has 1 fully saturated rings. The van der Waals surface area contributed by atoms with Crippen LogP contribution in [0, 0.1) is 5.92 Å². The maximum Gasteiger partial charge on any atom is 0.267 e. The molecule has 2 aliphatic heterocycles. The molecule has 1 atom stereocenters. The molecule has 1 saturated heterocycles. The number of nitrogens with zero attached hydrogens (tertiary/aromatic N) is 2. The molecule has 0 N–H and O–H groups in total. The van der Waals surface area contributed by atoms with E-state index >= 15 is 0 Å². The van der Waals surface area contributed by atoms with Gasteiger partial charge in [0, 0.05) is 25.5 Å². The zero-order valence-corrected chi connectivity index (χ0v) is 14.2. The van der Waals surface area contributed by atoms with Crippen molar-refractivity contribution in [3.05, 3.63) is 10.3 Å². The number of fused-ring (bicyclic) bond motifs is 1. The van der Waals surface area contributed by atoms with Gasteiger partial charge in [0.05, 0.1) is 0 Å². The average molecular weight is 324 g/mol. The monoisotopic (exact) mass is 324 g/mol. The van der Waals surface area contributed by atoms with Crippen molar-refractivity contribution in [2.45, 2.75) is 19.8 Å². The van der Waals surface area contributed by atoms with Crippen LogP contribution < -0.4 is 9.47 Å². The van der Waals surface area contributed by atoms with Crippen LogP contribution in [0.1, 0.15) is 29.4 Å². The molecule has 22 heavy (non-hydrogen) atoms. The third-order valence-electron chi connectivity index (χ3n) is 4.42. The highest BCUT2D eigenvalue weighted by Gasteiger charge is 2.27. The smallest absolute Gasteiger partial charge is 0.267 e. The summed E-state index contributed by atoms with van der Waals surface area (Å²) in [6, 6.07) is 0. The summed E-state index contributed by atoms with van der Waals surface area (Å²) in [5, 5.41) is 1.87. The second-order valence-electron chi connectivity index (χ2n) is 6.04. The average Bonchev–Trinajstić information content (AvgIpc) is 2.98. The van der Waals surface area contributed by atoms with Gasteiger partial charge < -0.3 is 19.3 Å². The van der Waals surface area contributed by atoms with Gasteiger partial charge in [-0.25, -0.2) is 0 Å². The minimum absolute atomic E-state index is 0.0466. The van der Waals surface area contributed by atoms with Crippen molar-refractivity contribution in [1.82, 2.24) is 9.80 Å². The molecule has 0 saturated carbocycles. The minimum Gasteiger partial charge on any atom is -0.485 e. The van der Waals surface area contributed by atoms with Gasteiger partial charge in [-0.05, 0) is 31.8 Å². The highest BCUT2D eigenvalue weighted by atomic mass is 32.1. The van der Waals surface area contributed by atoms with Gasteiger partial charge in [0.25, 0.3) is 5.91 Å². The number of amides is 1. The van der Waals surface area contributed by atoms with Gasteiger partial charge in [0.2, 0.25) is 0 Å². The minimum atomic E-state index is 0.0466. The number of ether oxygens (including phenoxy) is 2. The highest BCUT2D eigenvalue weighted by molar-refractivity contribution is 7.12. The predicted molar refractivity (Wildman–Crippen MR) is 87.1 cm³/mol. The fourth-order valence-corrected chi connectivity index (χ4v) is 4.16. The first-order valence-electron chi connectivity index (χ1n) is 8.04. The number of hydrogen-bond donors (Lipinski definition) is 0. The first kappa shape index (κ1) is 15.6. The number of likely N-dealkylation sites (tertiary alicyclic amines) is 1. The van der Waals surface area contributed by atoms with Crippen LogP contribution in [0.3, 0.4) is 0 Å². The number of carbonyl (C=O) groups is 1. The number of carbonyl (C=O) groups excluding carboxylic acids is 1. The van der Waals surface area contributed by atoms with Crippen molar-refractivity contribution in [2.24, 2.45) is 5.92 Å². The number of rotatable bonds is 4. The van der Waals surface area contributed by atoms with E-state index in [1.807, 2.05) is 17.3 Å². The van der Waals surface area contributed by atoms with Gasteiger partial charge in [0.1, 0.15) is 18.1 Å². The Morgan fingerprint density at radius 2 is 2.27 bits per heavy atom. The largest absolute Gasteiger partial charge is 0.485 e. The summed E-state index contributed by atoms with van der Waals surface area (Å²) < 4.78 is 11.1. The Balaban J connectivity index is 1.63. The van der Waals surface area contributed by atoms with E-state index in [-0.39, 0.29) is 5.91 Å². The van der Waals surface area contributed by atoms with Gasteiger partial charge in [-0.3, -0.25) is 4.79 Å². The molecule has 122 valence electrons. The lowest BCUT2D eigenvalue weighted by atomic mass is 9.97. The molecule has 5 nitrogen and oxygen atoms in total. The molecule has 0 bridgehead atoms. The molecule has 1 aromatic heterocycles. The molecule has 2 aliphatic rings. The van der Waals surface area contributed by atoms with Crippen LogP contribution in [-0.2, 0) is 0 Å². The lowest BCUT2D eigenvalue weighted by molar-refractivity contribution is 0.0729. The first-order valence-corrected chi connectivity index (χ1v) is 8.92. The summed E-state index contributed by atoms with van der Waals surface area (Å²) in [6.07, 6.45) is 2.43. The fraction of sp³-hybridized carbons (Fsp3) is 0.688. The molecular formula is C16H24N2O3S. The third kappa shape index (κ3) is 3.22. The fourth-order valence-electron chi connectivity index (χ4n) is 3.24. The Bertz CT molecular complexity index is 531. The highest BCUT2D eigenvalue weighted by Crippen LogP contribution is 2.39. The van der Waals surface area contributed by atoms with Crippen LogP contribution in [0.2, 0.25) is 0 Å². The summed E-state index contributed by atoms with van der Waals surface area (Å²) in [5.74, 6) is 1.95. The Morgan fingerprint density at radius 1 is 1.45 bits per heavy atom. The summed E-state index contributed by atoms with van der Waals surface area (Å²) in [5.41, 5.74) is 0. The zero-order valence-electron chi connectivity index (χ0n) is 13.3. The van der Waals surface area contributed by atoms with Crippen molar-refractivity contribution in [3.8, 4) is 11.5 Å². The van der Waals surface area contributed by atoms with Crippen LogP contribution in [0.25, 0.3) is 0 Å². The molecule has 0 aromatic carbocycles. The van der Waals surface area contributed by atoms with Gasteiger partial charge in [0.15, 0.2) is 11.5 Å². The van der Waals surface area contributed by atoms with Gasteiger partial charge in [-0.1, -0.05) is 6.92 Å². The van der Waals surface area contributed by atoms with E-state index in [4.69, 9.17) is 9.47 Å². The second-order valence-corrected chi connectivity index (χ2v) is 6.92. The van der Waals surface area contributed by atoms with E-state index in [0.717, 1.165) is 19.6 Å². The predicted octanol–water partition coefficient (Wildman–Crippen LogP) is 2.32. The topological polar surface area (TPSA) is 42.0 Å². The van der Waals surface area contributed by atoms with E-state index in [0.29, 0.717) is 35.5 Å². The summed E-state index contributed by atoms with van der Waals surface area (Å²) in [4.78, 5) is 17.7. The Labute approximate surface area is 135 Å². The Morgan fingerprint density at radius 3 is 3.09 bits per heavy atom. The van der Waals surface area contributed by atoms with Crippen molar-refractivity contribution in [3.63, 3.8) is 0 Å². The van der Waals surface area contributed by atoms with Crippen molar-refractivity contribution >= 4 is 17.2 Å². The van der Waals surface area contributed by atoms with Gasteiger partial charge in [-0.15, -0.1) is 11.3 Å². The lowest BCUT2D eigenvalue weighted by Gasteiger charge is -2.34. The zero-order chi connectivity index (χ0) is 15.5. The van der Waals surface area contributed by atoms with E-state index in [1.54, 1.807) is 0 Å². The Hall–Kier alpha value is -1.27. The quantitative estimate of drug-likeness (QED) is 0.852. The molecule has 0 unspecified atom stereocenters. The standard InChI is InChI=1S/C16H24N2O3S/c1-3-18-6-4-5-12(10-18)9-17(2)16(19)15-14-13(11-22-15)20-7-8-21-14/h11-12H,3-10H2,1-2H3/t12-/m1/s1. The van der Waals surface area contributed by atoms with Crippen LogP contribution in [-0.4, -0.2) is 62.1 Å². The Kier molecular flexibility index (Phi) is 4.88. The molecule has 3 rings (SSSR count). The molecule has 1 aromatic rings. The van der Waals surface area contributed by atoms with Gasteiger partial charge >= 0.3 is 0 Å². The molecule has 0 aliphatic carbocycles. The molecule has 0 spiro atoms. The normalized spacial score (nSPS) is 21.6. The number of thiophene rings is 1. The molecule has 0 radical (unpaired) electrons. The second kappa shape index (κ2) is 6.87.